The number of aliphatic imine (C=N–C) groups is 1. The molecule has 1 heterocycles. The lowest BCUT2D eigenvalue weighted by molar-refractivity contribution is -0.122. The van der Waals surface area contributed by atoms with Crippen LogP contribution in [0, 0.1) is 5.92 Å². The molecule has 148 valence electrons. The monoisotopic (exact) mass is 373 g/mol. The van der Waals surface area contributed by atoms with E-state index in [1.54, 1.807) is 0 Å². The molecule has 1 aliphatic carbocycles. The number of benzene rings is 1. The Hall–Kier alpha value is -2.28. The van der Waals surface area contributed by atoms with E-state index in [1.807, 2.05) is 6.92 Å². The topological polar surface area (TPSA) is 78.0 Å². The van der Waals surface area contributed by atoms with E-state index >= 15 is 0 Å². The molecular formula is C20H31N5O2. The van der Waals surface area contributed by atoms with Gasteiger partial charge in [-0.2, -0.15) is 0 Å². The second-order valence-electron chi connectivity index (χ2n) is 6.95. The van der Waals surface area contributed by atoms with E-state index in [0.717, 1.165) is 51.6 Å². The standard InChI is InChI=1S/C20H31N5O2/c1-2-21-20(23-10-9-22-19(26)17-5-6-17)24-15-16-3-7-18(8-4-16)25-11-13-27-14-12-25/h3-4,7-8,17H,2,5-6,9-15H2,1H3,(H,22,26)(H2,21,23,24). The van der Waals surface area contributed by atoms with Crippen LogP contribution in [0.4, 0.5) is 5.69 Å². The van der Waals surface area contributed by atoms with Gasteiger partial charge in [0.15, 0.2) is 5.96 Å². The summed E-state index contributed by atoms with van der Waals surface area (Å²) in [5, 5.41) is 9.47. The van der Waals surface area contributed by atoms with Gasteiger partial charge in [0.1, 0.15) is 0 Å². The lowest BCUT2D eigenvalue weighted by atomic mass is 10.2. The Kier molecular flexibility index (Phi) is 7.33. The molecule has 7 heteroatoms. The van der Waals surface area contributed by atoms with Gasteiger partial charge >= 0.3 is 0 Å². The third-order valence-corrected chi connectivity index (χ3v) is 4.74. The normalized spacial score (nSPS) is 17.5. The highest BCUT2D eigenvalue weighted by atomic mass is 16.5. The number of carbonyl (C=O) groups excluding carboxylic acids is 1. The quantitative estimate of drug-likeness (QED) is 0.361. The molecule has 2 aliphatic rings. The number of carbonyl (C=O) groups is 1. The fourth-order valence-corrected chi connectivity index (χ4v) is 3.00. The molecule has 3 rings (SSSR count). The summed E-state index contributed by atoms with van der Waals surface area (Å²) in [5.74, 6) is 1.21. The fourth-order valence-electron chi connectivity index (χ4n) is 3.00. The summed E-state index contributed by atoms with van der Waals surface area (Å²) in [6.07, 6.45) is 2.07. The first kappa shape index (κ1) is 19.5. The van der Waals surface area contributed by atoms with E-state index in [4.69, 9.17) is 4.74 Å². The SMILES string of the molecule is CCNC(=NCc1ccc(N2CCOCC2)cc1)NCCNC(=O)C1CC1. The van der Waals surface area contributed by atoms with Crippen LogP contribution in [0.25, 0.3) is 0 Å². The van der Waals surface area contributed by atoms with Crippen LogP contribution in [-0.2, 0) is 16.1 Å². The Morgan fingerprint density at radius 1 is 1.11 bits per heavy atom. The van der Waals surface area contributed by atoms with Crippen LogP contribution in [0.3, 0.4) is 0 Å². The van der Waals surface area contributed by atoms with E-state index in [2.05, 4.69) is 50.1 Å². The average molecular weight is 374 g/mol. The van der Waals surface area contributed by atoms with Gasteiger partial charge in [-0.15, -0.1) is 0 Å². The number of rotatable bonds is 8. The highest BCUT2D eigenvalue weighted by Crippen LogP contribution is 2.28. The number of guanidine groups is 1. The molecule has 27 heavy (non-hydrogen) atoms. The summed E-state index contributed by atoms with van der Waals surface area (Å²) >= 11 is 0. The zero-order valence-electron chi connectivity index (χ0n) is 16.2. The first-order valence-corrected chi connectivity index (χ1v) is 9.98. The largest absolute Gasteiger partial charge is 0.378 e. The summed E-state index contributed by atoms with van der Waals surface area (Å²) in [6.45, 7) is 8.24. The first-order valence-electron chi connectivity index (χ1n) is 9.98. The minimum Gasteiger partial charge on any atom is -0.378 e. The molecule has 1 saturated heterocycles. The molecule has 0 unspecified atom stereocenters. The minimum atomic E-state index is 0.180. The van der Waals surface area contributed by atoms with E-state index in [9.17, 15) is 4.79 Å². The third kappa shape index (κ3) is 6.43. The summed E-state index contributed by atoms with van der Waals surface area (Å²) in [7, 11) is 0. The number of amides is 1. The Labute approximate surface area is 161 Å². The van der Waals surface area contributed by atoms with Crippen molar-refractivity contribution < 1.29 is 9.53 Å². The molecule has 2 fully saturated rings. The van der Waals surface area contributed by atoms with Gasteiger partial charge in [-0.3, -0.25) is 4.79 Å². The second kappa shape index (κ2) is 10.2. The summed E-state index contributed by atoms with van der Waals surface area (Å²) in [4.78, 5) is 18.6. The molecule has 0 spiro atoms. The van der Waals surface area contributed by atoms with Crippen molar-refractivity contribution in [3.8, 4) is 0 Å². The van der Waals surface area contributed by atoms with Gasteiger partial charge in [-0.05, 0) is 37.5 Å². The smallest absolute Gasteiger partial charge is 0.223 e. The van der Waals surface area contributed by atoms with E-state index in [0.29, 0.717) is 19.6 Å². The van der Waals surface area contributed by atoms with Crippen molar-refractivity contribution in [2.45, 2.75) is 26.3 Å². The van der Waals surface area contributed by atoms with Crippen LogP contribution in [0.15, 0.2) is 29.3 Å². The summed E-state index contributed by atoms with van der Waals surface area (Å²) in [6, 6.07) is 8.58. The molecule has 0 bridgehead atoms. The van der Waals surface area contributed by atoms with Gasteiger partial charge in [0.25, 0.3) is 0 Å². The minimum absolute atomic E-state index is 0.180. The third-order valence-electron chi connectivity index (χ3n) is 4.74. The van der Waals surface area contributed by atoms with Gasteiger partial charge in [-0.1, -0.05) is 12.1 Å². The maximum Gasteiger partial charge on any atom is 0.223 e. The number of hydrogen-bond acceptors (Lipinski definition) is 4. The number of morpholine rings is 1. The van der Waals surface area contributed by atoms with Crippen LogP contribution < -0.4 is 20.9 Å². The number of nitrogens with zero attached hydrogens (tertiary/aromatic N) is 2. The van der Waals surface area contributed by atoms with Gasteiger partial charge in [0, 0.05) is 44.3 Å². The van der Waals surface area contributed by atoms with Crippen LogP contribution in [0.1, 0.15) is 25.3 Å². The molecule has 7 nitrogen and oxygen atoms in total. The van der Waals surface area contributed by atoms with Crippen LogP contribution in [0.5, 0.6) is 0 Å². The number of anilines is 1. The number of hydrogen-bond donors (Lipinski definition) is 3. The Morgan fingerprint density at radius 2 is 1.81 bits per heavy atom. The van der Waals surface area contributed by atoms with Crippen molar-refractivity contribution in [3.05, 3.63) is 29.8 Å². The van der Waals surface area contributed by atoms with E-state index < -0.39 is 0 Å². The van der Waals surface area contributed by atoms with Crippen molar-refractivity contribution in [1.29, 1.82) is 0 Å². The van der Waals surface area contributed by atoms with Gasteiger partial charge in [0.05, 0.1) is 19.8 Å². The molecule has 1 amide bonds. The second-order valence-corrected chi connectivity index (χ2v) is 6.95. The maximum absolute atomic E-state index is 11.6. The molecule has 0 aromatic heterocycles. The van der Waals surface area contributed by atoms with Gasteiger partial charge < -0.3 is 25.6 Å². The highest BCUT2D eigenvalue weighted by molar-refractivity contribution is 5.81. The van der Waals surface area contributed by atoms with Crippen LogP contribution in [0.2, 0.25) is 0 Å². The fraction of sp³-hybridized carbons (Fsp3) is 0.600. The molecule has 1 saturated carbocycles. The Balaban J connectivity index is 1.44. The van der Waals surface area contributed by atoms with Gasteiger partial charge in [-0.25, -0.2) is 4.99 Å². The summed E-state index contributed by atoms with van der Waals surface area (Å²) in [5.41, 5.74) is 2.41. The molecule has 1 aromatic carbocycles. The lowest BCUT2D eigenvalue weighted by Crippen LogP contribution is -2.41. The molecular weight excluding hydrogens is 342 g/mol. The lowest BCUT2D eigenvalue weighted by Gasteiger charge is -2.28. The predicted molar refractivity (Wildman–Crippen MR) is 108 cm³/mol. The number of nitrogens with one attached hydrogen (secondary N) is 3. The average Bonchev–Trinajstić information content (AvgIpc) is 3.55. The van der Waals surface area contributed by atoms with Crippen LogP contribution in [-0.4, -0.2) is 57.8 Å². The molecule has 1 aromatic rings. The van der Waals surface area contributed by atoms with Crippen molar-refractivity contribution >= 4 is 17.6 Å². The van der Waals surface area contributed by atoms with Gasteiger partial charge in [0.2, 0.25) is 5.91 Å². The predicted octanol–water partition coefficient (Wildman–Crippen LogP) is 1.10. The van der Waals surface area contributed by atoms with Crippen molar-refractivity contribution in [1.82, 2.24) is 16.0 Å². The number of ether oxygens (including phenoxy) is 1. The molecule has 0 atom stereocenters. The zero-order valence-corrected chi connectivity index (χ0v) is 16.2. The van der Waals surface area contributed by atoms with Crippen molar-refractivity contribution in [2.75, 3.05) is 50.8 Å². The highest BCUT2D eigenvalue weighted by Gasteiger charge is 2.28. The zero-order chi connectivity index (χ0) is 18.9. The summed E-state index contributed by atoms with van der Waals surface area (Å²) < 4.78 is 5.40. The maximum atomic E-state index is 11.6. The van der Waals surface area contributed by atoms with Crippen molar-refractivity contribution in [3.63, 3.8) is 0 Å². The van der Waals surface area contributed by atoms with E-state index in [1.165, 1.54) is 11.3 Å². The Morgan fingerprint density at radius 3 is 2.48 bits per heavy atom. The Bertz CT molecular complexity index is 622. The molecule has 1 aliphatic heterocycles. The first-order chi connectivity index (χ1) is 13.3. The van der Waals surface area contributed by atoms with E-state index in [-0.39, 0.29) is 11.8 Å². The molecule has 0 radical (unpaired) electrons. The van der Waals surface area contributed by atoms with Crippen molar-refractivity contribution in [2.24, 2.45) is 10.9 Å². The molecule has 3 N–H and O–H groups in total. The van der Waals surface area contributed by atoms with Crippen LogP contribution >= 0.6 is 0 Å².